The molecule has 0 radical (unpaired) electrons. The van der Waals surface area contributed by atoms with Gasteiger partial charge in [-0.1, -0.05) is 35.9 Å². The molecule has 30 heavy (non-hydrogen) atoms. The average molecular weight is 418 g/mol. The number of para-hydroxylation sites is 1. The zero-order valence-electron chi connectivity index (χ0n) is 16.0. The Morgan fingerprint density at radius 1 is 1.13 bits per heavy atom. The highest BCUT2D eigenvalue weighted by molar-refractivity contribution is 6.30. The number of carbonyl (C=O) groups excluding carboxylic acids is 1. The molecule has 1 N–H and O–H groups in total. The summed E-state index contributed by atoms with van der Waals surface area (Å²) in [5.74, 6) is -0.157. The number of Topliss-reactive ketones (excluding diaryl/α,β-unsaturated/α-hetero) is 1. The third-order valence-electron chi connectivity index (χ3n) is 5.09. The number of aromatic amines is 1. The molecule has 8 heteroatoms. The normalized spacial score (nSPS) is 11.4. The minimum Gasteiger partial charge on any atom is -0.358 e. The Kier molecular flexibility index (Phi) is 4.25. The van der Waals surface area contributed by atoms with Gasteiger partial charge in [0.15, 0.2) is 11.4 Å². The molecule has 0 atom stereocenters. The van der Waals surface area contributed by atoms with Gasteiger partial charge in [-0.15, -0.1) is 0 Å². The number of fused-ring (bicyclic) bond motifs is 2. The summed E-state index contributed by atoms with van der Waals surface area (Å²) in [5.41, 5.74) is 3.05. The summed E-state index contributed by atoms with van der Waals surface area (Å²) in [6.07, 6.45) is 2.85. The van der Waals surface area contributed by atoms with Crippen molar-refractivity contribution in [3.05, 3.63) is 87.7 Å². The van der Waals surface area contributed by atoms with Crippen LogP contribution in [0.25, 0.3) is 27.6 Å². The fourth-order valence-corrected chi connectivity index (χ4v) is 3.91. The number of benzene rings is 2. The van der Waals surface area contributed by atoms with Crippen LogP contribution >= 0.6 is 11.6 Å². The maximum absolute atomic E-state index is 13.0. The number of aryl methyl sites for hydroxylation is 1. The zero-order valence-corrected chi connectivity index (χ0v) is 16.7. The van der Waals surface area contributed by atoms with Gasteiger partial charge in [-0.2, -0.15) is 5.10 Å². The number of hydrogen-bond donors (Lipinski definition) is 1. The molecule has 0 aliphatic heterocycles. The van der Waals surface area contributed by atoms with Crippen molar-refractivity contribution >= 4 is 39.3 Å². The largest absolute Gasteiger partial charge is 0.358 e. The fourth-order valence-electron chi connectivity index (χ4n) is 3.73. The first-order valence-electron chi connectivity index (χ1n) is 9.32. The Morgan fingerprint density at radius 3 is 2.80 bits per heavy atom. The second-order valence-corrected chi connectivity index (χ2v) is 7.48. The SMILES string of the molecule is Cc1[nH]c2ccccc2c1C(=O)Cn1cnc2c(cnn2-c2cccc(Cl)c2)c1=O. The van der Waals surface area contributed by atoms with E-state index >= 15 is 0 Å². The second kappa shape index (κ2) is 6.96. The third kappa shape index (κ3) is 2.91. The van der Waals surface area contributed by atoms with Crippen LogP contribution in [0.15, 0.2) is 65.8 Å². The molecule has 148 valence electrons. The van der Waals surface area contributed by atoms with Crippen molar-refractivity contribution in [2.45, 2.75) is 13.5 Å². The molecule has 5 aromatic rings. The molecule has 0 amide bonds. The van der Waals surface area contributed by atoms with E-state index in [-0.39, 0.29) is 17.9 Å². The predicted molar refractivity (Wildman–Crippen MR) is 116 cm³/mol. The second-order valence-electron chi connectivity index (χ2n) is 7.04. The van der Waals surface area contributed by atoms with Crippen LogP contribution in [0.5, 0.6) is 0 Å². The molecule has 2 aromatic carbocycles. The van der Waals surface area contributed by atoms with Crippen LogP contribution in [-0.4, -0.2) is 30.1 Å². The molecule has 0 bridgehead atoms. The van der Waals surface area contributed by atoms with Crippen molar-refractivity contribution in [2.75, 3.05) is 0 Å². The van der Waals surface area contributed by atoms with Gasteiger partial charge in [0.05, 0.1) is 18.4 Å². The van der Waals surface area contributed by atoms with Crippen LogP contribution in [0.1, 0.15) is 16.1 Å². The van der Waals surface area contributed by atoms with E-state index in [1.54, 1.807) is 22.9 Å². The molecule has 0 unspecified atom stereocenters. The van der Waals surface area contributed by atoms with E-state index < -0.39 is 0 Å². The van der Waals surface area contributed by atoms with E-state index in [4.69, 9.17) is 11.6 Å². The topological polar surface area (TPSA) is 85.6 Å². The van der Waals surface area contributed by atoms with E-state index in [9.17, 15) is 9.59 Å². The smallest absolute Gasteiger partial charge is 0.264 e. The van der Waals surface area contributed by atoms with Gasteiger partial charge < -0.3 is 4.98 Å². The van der Waals surface area contributed by atoms with Gasteiger partial charge in [-0.05, 0) is 31.2 Å². The molecule has 0 saturated carbocycles. The highest BCUT2D eigenvalue weighted by Crippen LogP contribution is 2.23. The molecule has 0 fully saturated rings. The summed E-state index contributed by atoms with van der Waals surface area (Å²) >= 11 is 6.06. The maximum Gasteiger partial charge on any atom is 0.264 e. The van der Waals surface area contributed by atoms with Crippen LogP contribution < -0.4 is 5.56 Å². The van der Waals surface area contributed by atoms with Crippen molar-refractivity contribution < 1.29 is 4.79 Å². The molecule has 7 nitrogen and oxygen atoms in total. The number of hydrogen-bond acceptors (Lipinski definition) is 4. The van der Waals surface area contributed by atoms with Crippen molar-refractivity contribution in [3.63, 3.8) is 0 Å². The standard InChI is InChI=1S/C22H16ClN5O2/c1-13-20(16-7-2-3-8-18(16)26-13)19(29)11-27-12-24-21-17(22(27)30)10-25-28(21)15-6-4-5-14(23)9-15/h2-10,12,26H,11H2,1H3. The van der Waals surface area contributed by atoms with E-state index in [1.807, 2.05) is 37.3 Å². The molecular formula is C22H16ClN5O2. The Bertz CT molecular complexity index is 1490. The molecule has 3 heterocycles. The van der Waals surface area contributed by atoms with E-state index in [0.29, 0.717) is 27.3 Å². The van der Waals surface area contributed by atoms with Crippen molar-refractivity contribution in [1.82, 2.24) is 24.3 Å². The van der Waals surface area contributed by atoms with Crippen molar-refractivity contribution in [3.8, 4) is 5.69 Å². The number of halogens is 1. The van der Waals surface area contributed by atoms with Gasteiger partial charge in [0.2, 0.25) is 0 Å². The minimum atomic E-state index is -0.320. The lowest BCUT2D eigenvalue weighted by Gasteiger charge is -2.07. The van der Waals surface area contributed by atoms with Gasteiger partial charge in [0, 0.05) is 27.2 Å². The number of ketones is 1. The Morgan fingerprint density at radius 2 is 1.97 bits per heavy atom. The van der Waals surface area contributed by atoms with Crippen molar-refractivity contribution in [2.24, 2.45) is 0 Å². The molecule has 3 aromatic heterocycles. The number of aromatic nitrogens is 5. The highest BCUT2D eigenvalue weighted by atomic mass is 35.5. The zero-order chi connectivity index (χ0) is 20.8. The number of H-pyrrole nitrogens is 1. The fraction of sp³-hybridized carbons (Fsp3) is 0.0909. The lowest BCUT2D eigenvalue weighted by molar-refractivity contribution is 0.0971. The Labute approximate surface area is 175 Å². The summed E-state index contributed by atoms with van der Waals surface area (Å²) in [6, 6.07) is 14.7. The summed E-state index contributed by atoms with van der Waals surface area (Å²) in [7, 11) is 0. The summed E-state index contributed by atoms with van der Waals surface area (Å²) < 4.78 is 2.87. The first-order chi connectivity index (χ1) is 14.5. The van der Waals surface area contributed by atoms with E-state index in [0.717, 1.165) is 16.6 Å². The van der Waals surface area contributed by atoms with Crippen molar-refractivity contribution in [1.29, 1.82) is 0 Å². The van der Waals surface area contributed by atoms with Gasteiger partial charge in [0.1, 0.15) is 11.7 Å². The van der Waals surface area contributed by atoms with Crippen LogP contribution in [0, 0.1) is 6.92 Å². The van der Waals surface area contributed by atoms with E-state index in [1.165, 1.54) is 17.1 Å². The van der Waals surface area contributed by atoms with Crippen LogP contribution in [-0.2, 0) is 6.54 Å². The lowest BCUT2D eigenvalue weighted by Crippen LogP contribution is -2.24. The third-order valence-corrected chi connectivity index (χ3v) is 5.33. The minimum absolute atomic E-state index is 0.104. The van der Waals surface area contributed by atoms with Crippen LogP contribution in [0.4, 0.5) is 0 Å². The number of carbonyl (C=O) groups is 1. The summed E-state index contributed by atoms with van der Waals surface area (Å²) in [4.78, 5) is 33.6. The van der Waals surface area contributed by atoms with Crippen LogP contribution in [0.2, 0.25) is 5.02 Å². The molecule has 5 rings (SSSR count). The highest BCUT2D eigenvalue weighted by Gasteiger charge is 2.18. The Balaban J connectivity index is 1.54. The lowest BCUT2D eigenvalue weighted by atomic mass is 10.1. The number of rotatable bonds is 4. The van der Waals surface area contributed by atoms with Gasteiger partial charge in [-0.25, -0.2) is 9.67 Å². The maximum atomic E-state index is 13.0. The first-order valence-corrected chi connectivity index (χ1v) is 9.70. The molecule has 0 saturated heterocycles. The molecule has 0 aliphatic carbocycles. The molecule has 0 aliphatic rings. The first kappa shape index (κ1) is 18.3. The average Bonchev–Trinajstić information content (AvgIpc) is 3.30. The molecule has 0 spiro atoms. The quantitative estimate of drug-likeness (QED) is 0.449. The van der Waals surface area contributed by atoms with Gasteiger partial charge in [-0.3, -0.25) is 14.2 Å². The summed E-state index contributed by atoms with van der Waals surface area (Å²) in [5, 5.41) is 6.02. The van der Waals surface area contributed by atoms with Gasteiger partial charge >= 0.3 is 0 Å². The number of nitrogens with zero attached hydrogens (tertiary/aromatic N) is 4. The number of nitrogens with one attached hydrogen (secondary N) is 1. The van der Waals surface area contributed by atoms with Gasteiger partial charge in [0.25, 0.3) is 5.56 Å². The summed E-state index contributed by atoms with van der Waals surface area (Å²) in [6.45, 7) is 1.75. The van der Waals surface area contributed by atoms with E-state index in [2.05, 4.69) is 15.1 Å². The predicted octanol–water partition coefficient (Wildman–Crippen LogP) is 3.91. The van der Waals surface area contributed by atoms with Crippen LogP contribution in [0.3, 0.4) is 0 Å². The Hall–Kier alpha value is -3.71. The molecular weight excluding hydrogens is 402 g/mol. The monoisotopic (exact) mass is 417 g/mol.